The van der Waals surface area contributed by atoms with Gasteiger partial charge in [0.1, 0.15) is 5.75 Å². The Labute approximate surface area is 193 Å². The van der Waals surface area contributed by atoms with E-state index in [1.807, 2.05) is 32.0 Å². The number of hydrogen-bond donors (Lipinski definition) is 1. The Morgan fingerprint density at radius 3 is 2.52 bits per heavy atom. The number of hydrogen-bond acceptors (Lipinski definition) is 6. The summed E-state index contributed by atoms with van der Waals surface area (Å²) in [5.41, 5.74) is 2.88. The molecule has 9 nitrogen and oxygen atoms in total. The van der Waals surface area contributed by atoms with E-state index in [-0.39, 0.29) is 17.3 Å². The first-order valence-corrected chi connectivity index (χ1v) is 12.0. The summed E-state index contributed by atoms with van der Waals surface area (Å²) in [5, 5.41) is 6.99. The van der Waals surface area contributed by atoms with E-state index in [0.717, 1.165) is 16.9 Å². The zero-order chi connectivity index (χ0) is 23.4. The van der Waals surface area contributed by atoms with Crippen LogP contribution in [-0.2, 0) is 21.5 Å². The quantitative estimate of drug-likeness (QED) is 0.570. The van der Waals surface area contributed by atoms with Crippen LogP contribution in [0.2, 0.25) is 0 Å². The van der Waals surface area contributed by atoms with E-state index >= 15 is 0 Å². The van der Waals surface area contributed by atoms with Gasteiger partial charge in [0.15, 0.2) is 12.4 Å². The van der Waals surface area contributed by atoms with Crippen LogP contribution in [0.3, 0.4) is 0 Å². The van der Waals surface area contributed by atoms with Crippen molar-refractivity contribution in [3.63, 3.8) is 0 Å². The predicted octanol–water partition coefficient (Wildman–Crippen LogP) is 2.81. The second-order valence-electron chi connectivity index (χ2n) is 7.78. The molecule has 0 saturated carbocycles. The van der Waals surface area contributed by atoms with Crippen LogP contribution in [0.5, 0.6) is 5.75 Å². The van der Waals surface area contributed by atoms with Gasteiger partial charge in [-0.3, -0.25) is 4.79 Å². The molecule has 1 saturated heterocycles. The minimum Gasteiger partial charge on any atom is -0.471 e. The zero-order valence-corrected chi connectivity index (χ0v) is 19.3. The van der Waals surface area contributed by atoms with Crippen molar-refractivity contribution in [3.05, 3.63) is 71.5 Å². The van der Waals surface area contributed by atoms with Gasteiger partial charge in [-0.2, -0.15) is 9.40 Å². The van der Waals surface area contributed by atoms with Gasteiger partial charge in [-0.25, -0.2) is 13.1 Å². The summed E-state index contributed by atoms with van der Waals surface area (Å²) in [6.07, 6.45) is 1.66. The normalized spacial score (nSPS) is 14.7. The van der Waals surface area contributed by atoms with Crippen LogP contribution in [0.15, 0.2) is 59.6 Å². The molecule has 3 aromatic rings. The maximum absolute atomic E-state index is 12.7. The zero-order valence-electron chi connectivity index (χ0n) is 18.5. The van der Waals surface area contributed by atoms with Gasteiger partial charge in [0, 0.05) is 25.0 Å². The SMILES string of the molecule is Cc1ccc(OCn2ccc(C(=O)Nc3ccc(S(=O)(=O)N4CCOCC4)cc3)n2)c(C)c1. The van der Waals surface area contributed by atoms with Crippen molar-refractivity contribution < 1.29 is 22.7 Å². The highest BCUT2D eigenvalue weighted by Gasteiger charge is 2.26. The molecule has 174 valence electrons. The maximum atomic E-state index is 12.7. The molecule has 0 spiro atoms. The first-order valence-electron chi connectivity index (χ1n) is 10.6. The Hall–Kier alpha value is -3.21. The van der Waals surface area contributed by atoms with Crippen LogP contribution in [0.25, 0.3) is 0 Å². The number of aromatic nitrogens is 2. The Morgan fingerprint density at radius 1 is 1.09 bits per heavy atom. The lowest BCUT2D eigenvalue weighted by molar-refractivity contribution is 0.0730. The molecular weight excluding hydrogens is 444 g/mol. The fraction of sp³-hybridized carbons (Fsp3) is 0.304. The molecule has 0 bridgehead atoms. The van der Waals surface area contributed by atoms with E-state index < -0.39 is 15.9 Å². The summed E-state index contributed by atoms with van der Waals surface area (Å²) in [5.74, 6) is 0.360. The monoisotopic (exact) mass is 470 g/mol. The molecule has 0 atom stereocenters. The molecule has 0 unspecified atom stereocenters. The summed E-state index contributed by atoms with van der Waals surface area (Å²) in [6, 6.07) is 13.6. The van der Waals surface area contributed by atoms with Gasteiger partial charge in [0.2, 0.25) is 10.0 Å². The molecular formula is C23H26N4O5S. The van der Waals surface area contributed by atoms with E-state index in [1.165, 1.54) is 21.1 Å². The first kappa shape index (κ1) is 23.0. The highest BCUT2D eigenvalue weighted by molar-refractivity contribution is 7.89. The van der Waals surface area contributed by atoms with Crippen molar-refractivity contribution in [1.82, 2.24) is 14.1 Å². The van der Waals surface area contributed by atoms with Gasteiger partial charge >= 0.3 is 0 Å². The van der Waals surface area contributed by atoms with Crippen LogP contribution in [0.4, 0.5) is 5.69 Å². The average Bonchev–Trinajstić information content (AvgIpc) is 3.29. The van der Waals surface area contributed by atoms with E-state index in [2.05, 4.69) is 10.4 Å². The van der Waals surface area contributed by atoms with Crippen molar-refractivity contribution >= 4 is 21.6 Å². The van der Waals surface area contributed by atoms with Gasteiger partial charge in [-0.05, 0) is 55.8 Å². The number of rotatable bonds is 7. The smallest absolute Gasteiger partial charge is 0.276 e. The fourth-order valence-electron chi connectivity index (χ4n) is 3.49. The summed E-state index contributed by atoms with van der Waals surface area (Å²) in [4.78, 5) is 12.7. The highest BCUT2D eigenvalue weighted by atomic mass is 32.2. The predicted molar refractivity (Wildman–Crippen MR) is 123 cm³/mol. The van der Waals surface area contributed by atoms with Crippen LogP contribution < -0.4 is 10.1 Å². The number of aryl methyl sites for hydroxylation is 2. The van der Waals surface area contributed by atoms with Crippen LogP contribution >= 0.6 is 0 Å². The number of amides is 1. The Morgan fingerprint density at radius 2 is 1.82 bits per heavy atom. The van der Waals surface area contributed by atoms with Crippen LogP contribution in [0.1, 0.15) is 21.6 Å². The minimum absolute atomic E-state index is 0.172. The number of anilines is 1. The molecule has 33 heavy (non-hydrogen) atoms. The van der Waals surface area contributed by atoms with E-state index in [1.54, 1.807) is 24.4 Å². The average molecular weight is 471 g/mol. The molecule has 10 heteroatoms. The van der Waals surface area contributed by atoms with E-state index in [0.29, 0.717) is 32.0 Å². The molecule has 1 aliphatic heterocycles. The number of nitrogens with one attached hydrogen (secondary N) is 1. The summed E-state index contributed by atoms with van der Waals surface area (Å²) in [6.45, 7) is 5.59. The van der Waals surface area contributed by atoms with Gasteiger partial charge < -0.3 is 14.8 Å². The fourth-order valence-corrected chi connectivity index (χ4v) is 4.90. The number of benzene rings is 2. The molecule has 1 amide bonds. The number of morpholine rings is 1. The molecule has 2 heterocycles. The number of ether oxygens (including phenoxy) is 2. The van der Waals surface area contributed by atoms with Gasteiger partial charge in [-0.15, -0.1) is 0 Å². The number of carbonyl (C=O) groups excluding carboxylic acids is 1. The van der Waals surface area contributed by atoms with Crippen molar-refractivity contribution in [2.75, 3.05) is 31.6 Å². The Bertz CT molecular complexity index is 1230. The van der Waals surface area contributed by atoms with E-state index in [9.17, 15) is 13.2 Å². The Kier molecular flexibility index (Phi) is 6.77. The third-order valence-corrected chi connectivity index (χ3v) is 7.19. The van der Waals surface area contributed by atoms with Gasteiger partial charge in [-0.1, -0.05) is 17.7 Å². The summed E-state index contributed by atoms with van der Waals surface area (Å²) >= 11 is 0. The standard InChI is InChI=1S/C23H26N4O5S/c1-17-3-8-22(18(2)15-17)32-16-26-10-9-21(25-26)23(28)24-19-4-6-20(7-5-19)33(29,30)27-11-13-31-14-12-27/h3-10,15H,11-14,16H2,1-2H3,(H,24,28). The lowest BCUT2D eigenvalue weighted by Gasteiger charge is -2.26. The second-order valence-corrected chi connectivity index (χ2v) is 9.72. The number of nitrogens with zero attached hydrogens (tertiary/aromatic N) is 3. The van der Waals surface area contributed by atoms with Gasteiger partial charge in [0.25, 0.3) is 5.91 Å². The molecule has 2 aromatic carbocycles. The number of carbonyl (C=O) groups is 1. The van der Waals surface area contributed by atoms with Crippen molar-refractivity contribution in [2.24, 2.45) is 0 Å². The van der Waals surface area contributed by atoms with Gasteiger partial charge in [0.05, 0.1) is 18.1 Å². The molecule has 4 rings (SSSR count). The highest BCUT2D eigenvalue weighted by Crippen LogP contribution is 2.21. The summed E-state index contributed by atoms with van der Waals surface area (Å²) < 4.78 is 39.3. The molecule has 1 aromatic heterocycles. The number of sulfonamides is 1. The van der Waals surface area contributed by atoms with Crippen LogP contribution in [0, 0.1) is 13.8 Å². The van der Waals surface area contributed by atoms with Crippen molar-refractivity contribution in [2.45, 2.75) is 25.5 Å². The maximum Gasteiger partial charge on any atom is 0.276 e. The lowest BCUT2D eigenvalue weighted by atomic mass is 10.1. The molecule has 0 aliphatic carbocycles. The third kappa shape index (κ3) is 5.41. The molecule has 1 N–H and O–H groups in total. The second kappa shape index (κ2) is 9.74. The van der Waals surface area contributed by atoms with E-state index in [4.69, 9.17) is 9.47 Å². The largest absolute Gasteiger partial charge is 0.471 e. The summed E-state index contributed by atoms with van der Waals surface area (Å²) in [7, 11) is -3.58. The molecule has 1 fully saturated rings. The molecule has 1 aliphatic rings. The third-order valence-electron chi connectivity index (χ3n) is 5.28. The van der Waals surface area contributed by atoms with Crippen LogP contribution in [-0.4, -0.2) is 54.7 Å². The first-order chi connectivity index (χ1) is 15.8. The molecule has 0 radical (unpaired) electrons. The minimum atomic E-state index is -3.58. The van der Waals surface area contributed by atoms with Crippen molar-refractivity contribution in [3.8, 4) is 5.75 Å². The lowest BCUT2D eigenvalue weighted by Crippen LogP contribution is -2.40. The Balaban J connectivity index is 1.36. The topological polar surface area (TPSA) is 103 Å². The van der Waals surface area contributed by atoms with Crippen molar-refractivity contribution in [1.29, 1.82) is 0 Å².